The molecule has 0 spiro atoms. The van der Waals surface area contributed by atoms with Crippen LogP contribution in [0.25, 0.3) is 0 Å². The van der Waals surface area contributed by atoms with E-state index in [4.69, 9.17) is 0 Å². The highest BCUT2D eigenvalue weighted by Crippen LogP contribution is 2.44. The maximum atomic E-state index is 2.35. The molecule has 108 valence electrons. The van der Waals surface area contributed by atoms with Crippen molar-refractivity contribution in [1.82, 2.24) is 0 Å². The van der Waals surface area contributed by atoms with E-state index in [-0.39, 0.29) is 0 Å². The molecule has 0 unspecified atom stereocenters. The molecule has 0 atom stereocenters. The number of hydrogen-bond acceptors (Lipinski definition) is 0. The van der Waals surface area contributed by atoms with Crippen molar-refractivity contribution in [3.63, 3.8) is 0 Å². The third-order valence-corrected chi connectivity index (χ3v) is 5.32. The van der Waals surface area contributed by atoms with Crippen LogP contribution >= 0.6 is 0 Å². The first kappa shape index (κ1) is 15.1. The highest BCUT2D eigenvalue weighted by molar-refractivity contribution is 5.14. The van der Waals surface area contributed by atoms with Gasteiger partial charge in [0.25, 0.3) is 0 Å². The lowest BCUT2D eigenvalue weighted by molar-refractivity contribution is 0.285. The molecule has 2 fully saturated rings. The summed E-state index contributed by atoms with van der Waals surface area (Å²) in [5.41, 5.74) is 0. The molecule has 0 heterocycles. The third-order valence-electron chi connectivity index (χ3n) is 5.32. The van der Waals surface area contributed by atoms with Crippen molar-refractivity contribution < 1.29 is 0 Å². The molecule has 2 saturated carbocycles. The molecule has 0 aromatic heterocycles. The minimum absolute atomic E-state index is 0.973. The van der Waals surface area contributed by atoms with Gasteiger partial charge in [-0.2, -0.15) is 0 Å². The molecule has 0 nitrogen and oxygen atoms in total. The van der Waals surface area contributed by atoms with E-state index in [0.717, 1.165) is 11.8 Å². The second-order valence-corrected chi connectivity index (χ2v) is 6.68. The largest absolute Gasteiger partial charge is 0.0911 e. The predicted octanol–water partition coefficient (Wildman–Crippen LogP) is 6.28. The van der Waals surface area contributed by atoms with Gasteiger partial charge in [-0.25, -0.2) is 0 Å². The average Bonchev–Trinajstić information content (AvgIpc) is 2.47. The second-order valence-electron chi connectivity index (χ2n) is 6.68. The van der Waals surface area contributed by atoms with Crippen molar-refractivity contribution in [2.24, 2.45) is 11.8 Å². The highest BCUT2D eigenvalue weighted by Gasteiger charge is 2.30. The maximum absolute atomic E-state index is 2.35. The Morgan fingerprint density at radius 2 is 1.68 bits per heavy atom. The Labute approximate surface area is 121 Å². The monoisotopic (exact) mass is 260 g/mol. The predicted molar refractivity (Wildman–Crippen MR) is 84.7 cm³/mol. The first-order valence-corrected chi connectivity index (χ1v) is 8.65. The summed E-state index contributed by atoms with van der Waals surface area (Å²) in [4.78, 5) is 0. The van der Waals surface area contributed by atoms with E-state index >= 15 is 0 Å². The lowest BCUT2D eigenvalue weighted by atomic mass is 9.68. The van der Waals surface area contributed by atoms with Crippen molar-refractivity contribution in [3.8, 4) is 0 Å². The summed E-state index contributed by atoms with van der Waals surface area (Å²) in [7, 11) is 0. The van der Waals surface area contributed by atoms with Crippen LogP contribution in [0, 0.1) is 23.7 Å². The molecule has 19 heavy (non-hydrogen) atoms. The zero-order valence-corrected chi connectivity index (χ0v) is 13.1. The van der Waals surface area contributed by atoms with E-state index in [1.54, 1.807) is 5.92 Å². The van der Waals surface area contributed by atoms with Crippen molar-refractivity contribution in [2.45, 2.75) is 84.5 Å². The Morgan fingerprint density at radius 3 is 2.26 bits per heavy atom. The molecular weight excluding hydrogens is 228 g/mol. The van der Waals surface area contributed by atoms with Crippen LogP contribution in [-0.2, 0) is 0 Å². The fourth-order valence-electron chi connectivity index (χ4n) is 4.04. The van der Waals surface area contributed by atoms with Gasteiger partial charge in [0.15, 0.2) is 0 Å². The quantitative estimate of drug-likeness (QED) is 0.545. The van der Waals surface area contributed by atoms with Crippen LogP contribution in [0.2, 0.25) is 0 Å². The Kier molecular flexibility index (Phi) is 6.47. The molecule has 0 heteroatoms. The van der Waals surface area contributed by atoms with E-state index in [1.165, 1.54) is 70.6 Å². The topological polar surface area (TPSA) is 0 Å². The summed E-state index contributed by atoms with van der Waals surface area (Å²) in [6.45, 7) is 4.46. The molecule has 2 aliphatic rings. The molecular formula is C19H32. The fourth-order valence-corrected chi connectivity index (χ4v) is 4.04. The first-order chi connectivity index (χ1) is 9.33. The van der Waals surface area contributed by atoms with Crippen molar-refractivity contribution >= 4 is 0 Å². The van der Waals surface area contributed by atoms with Crippen LogP contribution in [0.1, 0.15) is 84.5 Å². The summed E-state index contributed by atoms with van der Waals surface area (Å²) in [6.07, 6.45) is 20.4. The van der Waals surface area contributed by atoms with Gasteiger partial charge in [-0.3, -0.25) is 0 Å². The summed E-state index contributed by atoms with van der Waals surface area (Å²) < 4.78 is 0. The summed E-state index contributed by atoms with van der Waals surface area (Å²) in [5, 5.41) is 0. The van der Waals surface area contributed by atoms with Gasteiger partial charge in [0, 0.05) is 0 Å². The summed E-state index contributed by atoms with van der Waals surface area (Å²) >= 11 is 0. The molecule has 2 radical (unpaired) electrons. The molecule has 0 bridgehead atoms. The normalized spacial score (nSPS) is 25.4. The van der Waals surface area contributed by atoms with Crippen LogP contribution < -0.4 is 0 Å². The summed E-state index contributed by atoms with van der Waals surface area (Å²) in [6, 6.07) is 0. The van der Waals surface area contributed by atoms with Crippen molar-refractivity contribution in [3.05, 3.63) is 24.0 Å². The van der Waals surface area contributed by atoms with Gasteiger partial charge in [-0.15, -0.1) is 0 Å². The second kappa shape index (κ2) is 8.12. The van der Waals surface area contributed by atoms with Crippen molar-refractivity contribution in [2.75, 3.05) is 0 Å². The third kappa shape index (κ3) is 4.65. The smallest absolute Gasteiger partial charge is 0.00272 e. The Bertz CT molecular complexity index is 249. The van der Waals surface area contributed by atoms with Gasteiger partial charge >= 0.3 is 0 Å². The first-order valence-electron chi connectivity index (χ1n) is 8.65. The number of unbranched alkanes of at least 4 members (excludes halogenated alkanes) is 1. The minimum atomic E-state index is 0.973. The van der Waals surface area contributed by atoms with E-state index < -0.39 is 0 Å². The van der Waals surface area contributed by atoms with Crippen LogP contribution in [0.15, 0.2) is 12.2 Å². The van der Waals surface area contributed by atoms with E-state index in [0.29, 0.717) is 0 Å². The summed E-state index contributed by atoms with van der Waals surface area (Å²) in [5.74, 6) is 5.65. The fraction of sp³-hybridized carbons (Fsp3) is 0.789. The molecule has 2 aliphatic carbocycles. The van der Waals surface area contributed by atoms with Gasteiger partial charge < -0.3 is 0 Å². The minimum Gasteiger partial charge on any atom is -0.0911 e. The van der Waals surface area contributed by atoms with Crippen LogP contribution in [0.3, 0.4) is 0 Å². The molecule has 0 aromatic rings. The van der Waals surface area contributed by atoms with Gasteiger partial charge in [0.2, 0.25) is 0 Å². The molecule has 0 saturated heterocycles. The molecule has 0 aromatic carbocycles. The standard InChI is InChI=1S/C19H32/c1-3-5-7-17-10-14-19(15-11-17)18-12-8-16(6-4-2)9-13-18/h4,6,17-18H,3,5,7-15H2,1-2H3/b6-4+. The van der Waals surface area contributed by atoms with Gasteiger partial charge in [-0.1, -0.05) is 38.3 Å². The Morgan fingerprint density at radius 1 is 1.00 bits per heavy atom. The SMILES string of the molecule is C/C=C/[C]1CCC([C]2CCC(CCCC)CC2)CC1. The Balaban J connectivity index is 1.68. The van der Waals surface area contributed by atoms with Gasteiger partial charge in [0.05, 0.1) is 0 Å². The van der Waals surface area contributed by atoms with E-state index in [1.807, 2.05) is 5.92 Å². The highest BCUT2D eigenvalue weighted by atomic mass is 14.3. The zero-order valence-electron chi connectivity index (χ0n) is 13.1. The average molecular weight is 260 g/mol. The van der Waals surface area contributed by atoms with Gasteiger partial charge in [-0.05, 0) is 82.0 Å². The molecule has 0 amide bonds. The zero-order chi connectivity index (χ0) is 13.5. The van der Waals surface area contributed by atoms with E-state index in [2.05, 4.69) is 26.0 Å². The maximum Gasteiger partial charge on any atom is -0.00272 e. The lowest BCUT2D eigenvalue weighted by Crippen LogP contribution is -2.23. The molecule has 2 rings (SSSR count). The lowest BCUT2D eigenvalue weighted by Gasteiger charge is -2.37. The van der Waals surface area contributed by atoms with Gasteiger partial charge in [0.1, 0.15) is 0 Å². The van der Waals surface area contributed by atoms with Crippen LogP contribution in [0.4, 0.5) is 0 Å². The van der Waals surface area contributed by atoms with Crippen LogP contribution in [-0.4, -0.2) is 0 Å². The van der Waals surface area contributed by atoms with Crippen LogP contribution in [0.5, 0.6) is 0 Å². The number of rotatable bonds is 5. The Hall–Kier alpha value is -0.260. The van der Waals surface area contributed by atoms with Crippen molar-refractivity contribution in [1.29, 1.82) is 0 Å². The molecule has 0 aliphatic heterocycles. The van der Waals surface area contributed by atoms with E-state index in [9.17, 15) is 0 Å². The molecule has 0 N–H and O–H groups in total. The number of hydrogen-bond donors (Lipinski definition) is 0. The number of allylic oxidation sites excluding steroid dienone is 2.